The van der Waals surface area contributed by atoms with Crippen LogP contribution in [0.25, 0.3) is 11.0 Å². The number of H-pyrrole nitrogens is 1. The highest BCUT2D eigenvalue weighted by Crippen LogP contribution is 2.32. The van der Waals surface area contributed by atoms with Crippen molar-refractivity contribution < 1.29 is 8.78 Å². The van der Waals surface area contributed by atoms with Gasteiger partial charge in [0.25, 0.3) is 0 Å². The molecule has 3 rings (SSSR count). The second kappa shape index (κ2) is 4.31. The summed E-state index contributed by atoms with van der Waals surface area (Å²) in [4.78, 5) is 7.29. The van der Waals surface area contributed by atoms with Crippen LogP contribution in [0.3, 0.4) is 0 Å². The molecular formula is C13H15F2N3. The number of hydrogen-bond donors (Lipinski definition) is 2. The Hall–Kier alpha value is -1.49. The Morgan fingerprint density at radius 3 is 2.89 bits per heavy atom. The van der Waals surface area contributed by atoms with E-state index in [1.165, 1.54) is 6.07 Å². The summed E-state index contributed by atoms with van der Waals surface area (Å²) in [5, 5.41) is 0. The van der Waals surface area contributed by atoms with Crippen molar-refractivity contribution in [1.29, 1.82) is 0 Å². The number of aromatic amines is 1. The normalized spacial score (nSPS) is 24.6. The summed E-state index contributed by atoms with van der Waals surface area (Å²) < 4.78 is 26.7. The van der Waals surface area contributed by atoms with E-state index < -0.39 is 11.6 Å². The van der Waals surface area contributed by atoms with Crippen molar-refractivity contribution in [1.82, 2.24) is 9.97 Å². The van der Waals surface area contributed by atoms with Gasteiger partial charge >= 0.3 is 0 Å². The predicted octanol–water partition coefficient (Wildman–Crippen LogP) is 2.83. The molecule has 5 heteroatoms. The number of aromatic nitrogens is 2. The average Bonchev–Trinajstić information content (AvgIpc) is 2.79. The molecular weight excluding hydrogens is 236 g/mol. The molecule has 2 unspecified atom stereocenters. The largest absolute Gasteiger partial charge is 0.342 e. The van der Waals surface area contributed by atoms with Gasteiger partial charge in [-0.25, -0.2) is 13.8 Å². The summed E-state index contributed by atoms with van der Waals surface area (Å²) in [6.45, 7) is 0. The molecule has 1 saturated carbocycles. The van der Waals surface area contributed by atoms with E-state index >= 15 is 0 Å². The molecule has 1 heterocycles. The van der Waals surface area contributed by atoms with Crippen molar-refractivity contribution >= 4 is 11.0 Å². The van der Waals surface area contributed by atoms with Gasteiger partial charge < -0.3 is 10.7 Å². The standard InChI is InChI=1S/C13H15F2N3/c14-9-4-5-10-12(11(9)15)18-13(17-10)7-2-1-3-8(16)6-7/h4-5,7-8H,1-3,6,16H2,(H,17,18). The second-order valence-corrected chi connectivity index (χ2v) is 5.00. The number of fused-ring (bicyclic) bond motifs is 1. The summed E-state index contributed by atoms with van der Waals surface area (Å²) in [5.74, 6) is -0.788. The molecule has 0 radical (unpaired) electrons. The lowest BCUT2D eigenvalue weighted by atomic mass is 9.86. The third kappa shape index (κ3) is 1.88. The third-order valence-corrected chi connectivity index (χ3v) is 3.67. The van der Waals surface area contributed by atoms with E-state index in [0.29, 0.717) is 5.52 Å². The van der Waals surface area contributed by atoms with Gasteiger partial charge in [0, 0.05) is 12.0 Å². The van der Waals surface area contributed by atoms with Crippen LogP contribution in [0.4, 0.5) is 8.78 Å². The quantitative estimate of drug-likeness (QED) is 0.818. The zero-order valence-corrected chi connectivity index (χ0v) is 9.92. The lowest BCUT2D eigenvalue weighted by Crippen LogP contribution is -2.27. The first-order chi connectivity index (χ1) is 8.65. The van der Waals surface area contributed by atoms with Gasteiger partial charge in [-0.05, 0) is 31.4 Å². The molecule has 1 aromatic carbocycles. The Morgan fingerprint density at radius 2 is 2.11 bits per heavy atom. The molecule has 1 aromatic heterocycles. The van der Waals surface area contributed by atoms with Crippen LogP contribution in [0, 0.1) is 11.6 Å². The van der Waals surface area contributed by atoms with Gasteiger partial charge in [0.05, 0.1) is 5.52 Å². The van der Waals surface area contributed by atoms with Crippen LogP contribution in [0.1, 0.15) is 37.4 Å². The first-order valence-corrected chi connectivity index (χ1v) is 6.24. The first kappa shape index (κ1) is 11.6. The molecule has 18 heavy (non-hydrogen) atoms. The molecule has 2 atom stereocenters. The lowest BCUT2D eigenvalue weighted by Gasteiger charge is -2.24. The van der Waals surface area contributed by atoms with Gasteiger partial charge in [-0.2, -0.15) is 0 Å². The van der Waals surface area contributed by atoms with E-state index in [1.807, 2.05) is 0 Å². The van der Waals surface area contributed by atoms with Crippen molar-refractivity contribution in [3.63, 3.8) is 0 Å². The number of nitrogens with one attached hydrogen (secondary N) is 1. The van der Waals surface area contributed by atoms with Gasteiger partial charge in [0.2, 0.25) is 0 Å². The Bertz CT molecular complexity index is 579. The average molecular weight is 251 g/mol. The van der Waals surface area contributed by atoms with E-state index in [4.69, 9.17) is 5.73 Å². The number of halogens is 2. The topological polar surface area (TPSA) is 54.7 Å². The minimum atomic E-state index is -0.880. The first-order valence-electron chi connectivity index (χ1n) is 6.24. The highest BCUT2D eigenvalue weighted by Gasteiger charge is 2.24. The Balaban J connectivity index is 2.00. The highest BCUT2D eigenvalue weighted by atomic mass is 19.2. The highest BCUT2D eigenvalue weighted by molar-refractivity contribution is 5.75. The number of nitrogens with two attached hydrogens (primary N) is 1. The minimum Gasteiger partial charge on any atom is -0.342 e. The zero-order chi connectivity index (χ0) is 12.7. The van der Waals surface area contributed by atoms with E-state index in [9.17, 15) is 8.78 Å². The van der Waals surface area contributed by atoms with Crippen molar-refractivity contribution in [3.05, 3.63) is 29.6 Å². The molecule has 0 saturated heterocycles. The molecule has 1 aliphatic rings. The van der Waals surface area contributed by atoms with Gasteiger partial charge in [-0.3, -0.25) is 0 Å². The molecule has 2 aromatic rings. The van der Waals surface area contributed by atoms with Crippen molar-refractivity contribution in [2.45, 2.75) is 37.6 Å². The van der Waals surface area contributed by atoms with Gasteiger partial charge in [0.1, 0.15) is 11.3 Å². The lowest BCUT2D eigenvalue weighted by molar-refractivity contribution is 0.384. The number of imidazole rings is 1. The van der Waals surface area contributed by atoms with E-state index in [2.05, 4.69) is 9.97 Å². The maximum Gasteiger partial charge on any atom is 0.186 e. The van der Waals surface area contributed by atoms with Gasteiger partial charge in [-0.1, -0.05) is 6.42 Å². The van der Waals surface area contributed by atoms with Gasteiger partial charge in [-0.15, -0.1) is 0 Å². The SMILES string of the molecule is NC1CCCC(c2nc3c(F)c(F)ccc3[nH]2)C1. The molecule has 3 N–H and O–H groups in total. The summed E-state index contributed by atoms with van der Waals surface area (Å²) in [7, 11) is 0. The van der Waals surface area contributed by atoms with Crippen LogP contribution in [0.15, 0.2) is 12.1 Å². The van der Waals surface area contributed by atoms with E-state index in [1.54, 1.807) is 0 Å². The Morgan fingerprint density at radius 1 is 1.28 bits per heavy atom. The fourth-order valence-corrected chi connectivity index (χ4v) is 2.71. The van der Waals surface area contributed by atoms with Crippen molar-refractivity contribution in [3.8, 4) is 0 Å². The fraction of sp³-hybridized carbons (Fsp3) is 0.462. The van der Waals surface area contributed by atoms with E-state index in [-0.39, 0.29) is 17.5 Å². The minimum absolute atomic E-state index is 0.0872. The van der Waals surface area contributed by atoms with Crippen LogP contribution in [0.2, 0.25) is 0 Å². The monoisotopic (exact) mass is 251 g/mol. The molecule has 1 aliphatic carbocycles. The molecule has 0 amide bonds. The molecule has 3 nitrogen and oxygen atoms in total. The number of rotatable bonds is 1. The molecule has 1 fully saturated rings. The van der Waals surface area contributed by atoms with Crippen LogP contribution >= 0.6 is 0 Å². The summed E-state index contributed by atoms with van der Waals surface area (Å²) in [6, 6.07) is 2.82. The van der Waals surface area contributed by atoms with Crippen LogP contribution < -0.4 is 5.73 Å². The predicted molar refractivity (Wildman–Crippen MR) is 65.2 cm³/mol. The van der Waals surface area contributed by atoms with Crippen molar-refractivity contribution in [2.75, 3.05) is 0 Å². The van der Waals surface area contributed by atoms with Crippen LogP contribution in [-0.2, 0) is 0 Å². The number of hydrogen-bond acceptors (Lipinski definition) is 2. The summed E-state index contributed by atoms with van der Waals surface area (Å²) in [6.07, 6.45) is 3.93. The Labute approximate surface area is 103 Å². The number of nitrogens with zero attached hydrogens (tertiary/aromatic N) is 1. The maximum atomic E-state index is 13.6. The van der Waals surface area contributed by atoms with E-state index in [0.717, 1.165) is 37.6 Å². The van der Waals surface area contributed by atoms with Gasteiger partial charge in [0.15, 0.2) is 11.6 Å². The second-order valence-electron chi connectivity index (χ2n) is 5.00. The maximum absolute atomic E-state index is 13.6. The smallest absolute Gasteiger partial charge is 0.186 e. The summed E-state index contributed by atoms with van der Waals surface area (Å²) in [5.41, 5.74) is 6.57. The Kier molecular flexibility index (Phi) is 2.78. The van der Waals surface area contributed by atoms with Crippen LogP contribution in [0.5, 0.6) is 0 Å². The molecule has 0 aliphatic heterocycles. The molecule has 96 valence electrons. The van der Waals surface area contributed by atoms with Crippen LogP contribution in [-0.4, -0.2) is 16.0 Å². The third-order valence-electron chi connectivity index (χ3n) is 3.67. The number of benzene rings is 1. The molecule has 0 bridgehead atoms. The molecule has 0 spiro atoms. The zero-order valence-electron chi connectivity index (χ0n) is 9.92. The fourth-order valence-electron chi connectivity index (χ4n) is 2.71. The summed E-state index contributed by atoms with van der Waals surface area (Å²) >= 11 is 0. The van der Waals surface area contributed by atoms with Crippen molar-refractivity contribution in [2.24, 2.45) is 5.73 Å².